The van der Waals surface area contributed by atoms with Crippen molar-refractivity contribution in [2.75, 3.05) is 7.11 Å². The summed E-state index contributed by atoms with van der Waals surface area (Å²) in [6, 6.07) is 8.94. The van der Waals surface area contributed by atoms with Crippen LogP contribution in [0.4, 0.5) is 0 Å². The average Bonchev–Trinajstić information content (AvgIpc) is 2.42. The molecule has 0 amide bonds. The topological polar surface area (TPSA) is 57.4 Å². The molecule has 0 aliphatic rings. The predicted molar refractivity (Wildman–Crippen MR) is 70.2 cm³/mol. The first-order chi connectivity index (χ1) is 8.74. The summed E-state index contributed by atoms with van der Waals surface area (Å²) in [5.41, 5.74) is 6.37. The van der Waals surface area contributed by atoms with Gasteiger partial charge in [0, 0.05) is 12.7 Å². The van der Waals surface area contributed by atoms with Gasteiger partial charge in [-0.3, -0.25) is 0 Å². The number of hydrogen-bond acceptors (Lipinski definition) is 4. The number of ether oxygens (including phenoxy) is 2. The molecule has 0 saturated heterocycles. The number of pyridine rings is 1. The molecule has 0 spiro atoms. The largest absolute Gasteiger partial charge is 0.497 e. The van der Waals surface area contributed by atoms with Crippen LogP contribution < -0.4 is 15.2 Å². The van der Waals surface area contributed by atoms with Crippen LogP contribution in [0.25, 0.3) is 0 Å². The van der Waals surface area contributed by atoms with E-state index in [4.69, 9.17) is 26.8 Å². The Morgan fingerprint density at radius 3 is 2.44 bits per heavy atom. The number of hydrogen-bond donors (Lipinski definition) is 1. The molecule has 0 aliphatic carbocycles. The zero-order chi connectivity index (χ0) is 13.0. The molecule has 0 bridgehead atoms. The SMILES string of the molecule is COc1ccc(Oc2nccc(CN)c2Cl)cc1. The summed E-state index contributed by atoms with van der Waals surface area (Å²) in [4.78, 5) is 4.08. The average molecular weight is 265 g/mol. The minimum atomic E-state index is 0.348. The molecule has 2 rings (SSSR count). The van der Waals surface area contributed by atoms with Crippen molar-refractivity contribution >= 4 is 11.6 Å². The van der Waals surface area contributed by atoms with Crippen molar-refractivity contribution in [3.8, 4) is 17.4 Å². The molecule has 1 aromatic heterocycles. The number of halogens is 1. The van der Waals surface area contributed by atoms with Crippen LogP contribution >= 0.6 is 11.6 Å². The Kier molecular flexibility index (Phi) is 4.02. The molecule has 0 unspecified atom stereocenters. The summed E-state index contributed by atoms with van der Waals surface area (Å²) in [6.45, 7) is 0.348. The monoisotopic (exact) mass is 264 g/mol. The fourth-order valence-corrected chi connectivity index (χ4v) is 1.67. The van der Waals surface area contributed by atoms with Gasteiger partial charge >= 0.3 is 0 Å². The lowest BCUT2D eigenvalue weighted by atomic mass is 10.2. The molecule has 1 aromatic carbocycles. The summed E-state index contributed by atoms with van der Waals surface area (Å²) in [7, 11) is 1.61. The third-order valence-corrected chi connectivity index (χ3v) is 2.84. The van der Waals surface area contributed by atoms with Gasteiger partial charge in [-0.05, 0) is 35.9 Å². The van der Waals surface area contributed by atoms with Gasteiger partial charge in [-0.1, -0.05) is 11.6 Å². The lowest BCUT2D eigenvalue weighted by molar-refractivity contribution is 0.412. The molecule has 1 heterocycles. The molecule has 2 N–H and O–H groups in total. The molecule has 2 aromatic rings. The molecule has 4 nitrogen and oxygen atoms in total. The highest BCUT2D eigenvalue weighted by Crippen LogP contribution is 2.30. The summed E-state index contributed by atoms with van der Waals surface area (Å²) in [5, 5.41) is 0.441. The molecular weight excluding hydrogens is 252 g/mol. The first kappa shape index (κ1) is 12.7. The van der Waals surface area contributed by atoms with Crippen molar-refractivity contribution < 1.29 is 9.47 Å². The highest BCUT2D eigenvalue weighted by atomic mass is 35.5. The number of methoxy groups -OCH3 is 1. The standard InChI is InChI=1S/C13H13ClN2O2/c1-17-10-2-4-11(5-3-10)18-13-12(14)9(8-15)6-7-16-13/h2-7H,8,15H2,1H3. The number of nitrogens with zero attached hydrogens (tertiary/aromatic N) is 1. The van der Waals surface area contributed by atoms with E-state index >= 15 is 0 Å². The van der Waals surface area contributed by atoms with Crippen molar-refractivity contribution in [2.24, 2.45) is 5.73 Å². The fraction of sp³-hybridized carbons (Fsp3) is 0.154. The van der Waals surface area contributed by atoms with E-state index in [1.165, 1.54) is 0 Å². The van der Waals surface area contributed by atoms with Gasteiger partial charge < -0.3 is 15.2 Å². The Morgan fingerprint density at radius 2 is 1.83 bits per heavy atom. The predicted octanol–water partition coefficient (Wildman–Crippen LogP) is 2.99. The van der Waals surface area contributed by atoms with Crippen LogP contribution in [0.3, 0.4) is 0 Å². The lowest BCUT2D eigenvalue weighted by Crippen LogP contribution is -1.99. The molecule has 0 aliphatic heterocycles. The van der Waals surface area contributed by atoms with Crippen LogP contribution in [0.5, 0.6) is 17.4 Å². The summed E-state index contributed by atoms with van der Waals surface area (Å²) in [6.07, 6.45) is 1.62. The van der Waals surface area contributed by atoms with E-state index in [9.17, 15) is 0 Å². The quantitative estimate of drug-likeness (QED) is 0.922. The van der Waals surface area contributed by atoms with E-state index in [0.717, 1.165) is 11.3 Å². The van der Waals surface area contributed by atoms with Crippen LogP contribution in [0.15, 0.2) is 36.5 Å². The zero-order valence-corrected chi connectivity index (χ0v) is 10.6. The third kappa shape index (κ3) is 2.72. The minimum Gasteiger partial charge on any atom is -0.497 e. The van der Waals surface area contributed by atoms with Gasteiger partial charge in [0.1, 0.15) is 16.5 Å². The van der Waals surface area contributed by atoms with Gasteiger partial charge in [0.15, 0.2) is 0 Å². The van der Waals surface area contributed by atoms with Crippen molar-refractivity contribution in [1.29, 1.82) is 0 Å². The Hall–Kier alpha value is -1.78. The van der Waals surface area contributed by atoms with Gasteiger partial charge in [-0.25, -0.2) is 4.98 Å². The smallest absolute Gasteiger partial charge is 0.238 e. The number of aromatic nitrogens is 1. The molecule has 0 radical (unpaired) electrons. The van der Waals surface area contributed by atoms with Crippen LogP contribution in [-0.4, -0.2) is 12.1 Å². The van der Waals surface area contributed by atoms with Crippen LogP contribution in [0.2, 0.25) is 5.02 Å². The van der Waals surface area contributed by atoms with Gasteiger partial charge in [-0.2, -0.15) is 0 Å². The number of rotatable bonds is 4. The van der Waals surface area contributed by atoms with E-state index in [0.29, 0.717) is 23.2 Å². The Balaban J connectivity index is 2.22. The lowest BCUT2D eigenvalue weighted by Gasteiger charge is -2.09. The maximum absolute atomic E-state index is 6.13. The maximum Gasteiger partial charge on any atom is 0.238 e. The van der Waals surface area contributed by atoms with Crippen LogP contribution in [0, 0.1) is 0 Å². The van der Waals surface area contributed by atoms with E-state index < -0.39 is 0 Å². The van der Waals surface area contributed by atoms with Crippen molar-refractivity contribution in [3.05, 3.63) is 47.1 Å². The van der Waals surface area contributed by atoms with Gasteiger partial charge in [-0.15, -0.1) is 0 Å². The van der Waals surface area contributed by atoms with Crippen molar-refractivity contribution in [1.82, 2.24) is 4.98 Å². The zero-order valence-electron chi connectivity index (χ0n) is 9.89. The minimum absolute atomic E-state index is 0.348. The molecule has 0 atom stereocenters. The highest BCUT2D eigenvalue weighted by molar-refractivity contribution is 6.32. The summed E-state index contributed by atoms with van der Waals surface area (Å²) >= 11 is 6.13. The molecule has 0 saturated carbocycles. The Labute approximate surface area is 110 Å². The highest BCUT2D eigenvalue weighted by Gasteiger charge is 2.08. The van der Waals surface area contributed by atoms with Crippen LogP contribution in [0.1, 0.15) is 5.56 Å². The molecular formula is C13H13ClN2O2. The maximum atomic E-state index is 6.13. The van der Waals surface area contributed by atoms with Gasteiger partial charge in [0.25, 0.3) is 0 Å². The second-order valence-corrected chi connectivity index (χ2v) is 3.95. The second-order valence-electron chi connectivity index (χ2n) is 3.57. The fourth-order valence-electron chi connectivity index (χ4n) is 1.45. The van der Waals surface area contributed by atoms with E-state index in [1.54, 1.807) is 43.6 Å². The van der Waals surface area contributed by atoms with Gasteiger partial charge in [0.2, 0.25) is 5.88 Å². The van der Waals surface area contributed by atoms with Gasteiger partial charge in [0.05, 0.1) is 7.11 Å². The molecule has 5 heteroatoms. The first-order valence-electron chi connectivity index (χ1n) is 5.40. The van der Waals surface area contributed by atoms with E-state index in [2.05, 4.69) is 4.98 Å². The molecule has 0 fully saturated rings. The Bertz CT molecular complexity index is 529. The normalized spacial score (nSPS) is 10.2. The summed E-state index contributed by atoms with van der Waals surface area (Å²) < 4.78 is 10.7. The van der Waals surface area contributed by atoms with Crippen molar-refractivity contribution in [2.45, 2.75) is 6.54 Å². The molecule has 94 valence electrons. The second kappa shape index (κ2) is 5.71. The summed E-state index contributed by atoms with van der Waals surface area (Å²) in [5.74, 6) is 1.75. The van der Waals surface area contributed by atoms with E-state index in [1.807, 2.05) is 0 Å². The Morgan fingerprint density at radius 1 is 1.17 bits per heavy atom. The third-order valence-electron chi connectivity index (χ3n) is 2.43. The van der Waals surface area contributed by atoms with E-state index in [-0.39, 0.29) is 0 Å². The van der Waals surface area contributed by atoms with Crippen molar-refractivity contribution in [3.63, 3.8) is 0 Å². The van der Waals surface area contributed by atoms with Crippen LogP contribution in [-0.2, 0) is 6.54 Å². The molecule has 18 heavy (non-hydrogen) atoms. The first-order valence-corrected chi connectivity index (χ1v) is 5.77. The number of nitrogens with two attached hydrogens (primary N) is 1. The number of benzene rings is 1.